The Morgan fingerprint density at radius 2 is 1.89 bits per heavy atom. The van der Waals surface area contributed by atoms with Crippen LogP contribution >= 0.6 is 34.9 Å². The fraction of sp³-hybridized carbons (Fsp3) is 0.235. The van der Waals surface area contributed by atoms with E-state index in [9.17, 15) is 9.59 Å². The lowest BCUT2D eigenvalue weighted by Crippen LogP contribution is -2.14. The van der Waals surface area contributed by atoms with Gasteiger partial charge in [0.2, 0.25) is 16.9 Å². The Kier molecular flexibility index (Phi) is 7.46. The van der Waals surface area contributed by atoms with Crippen molar-refractivity contribution in [3.63, 3.8) is 0 Å². The van der Waals surface area contributed by atoms with Gasteiger partial charge in [-0.15, -0.1) is 22.0 Å². The first-order valence-corrected chi connectivity index (χ1v) is 11.1. The van der Waals surface area contributed by atoms with Gasteiger partial charge in [-0.2, -0.15) is 0 Å². The SMILES string of the molecule is Cc1cc(NC(=O)CSc2nnc(NC(=O)CSCc3ccccc3)s2)no1. The molecule has 0 saturated carbocycles. The molecule has 0 unspecified atom stereocenters. The van der Waals surface area contributed by atoms with Crippen LogP contribution in [0.1, 0.15) is 11.3 Å². The van der Waals surface area contributed by atoms with Crippen LogP contribution in [0.15, 0.2) is 45.3 Å². The molecule has 0 aliphatic heterocycles. The lowest BCUT2D eigenvalue weighted by molar-refractivity contribution is -0.114. The second-order valence-corrected chi connectivity index (χ2v) is 8.74. The maximum absolute atomic E-state index is 12.0. The summed E-state index contributed by atoms with van der Waals surface area (Å²) in [4.78, 5) is 23.9. The molecule has 0 bridgehead atoms. The molecule has 2 aromatic heterocycles. The van der Waals surface area contributed by atoms with Crippen molar-refractivity contribution in [1.29, 1.82) is 0 Å². The highest BCUT2D eigenvalue weighted by Crippen LogP contribution is 2.25. The highest BCUT2D eigenvalue weighted by atomic mass is 32.2. The van der Waals surface area contributed by atoms with Crippen molar-refractivity contribution in [3.8, 4) is 0 Å². The number of carbonyl (C=O) groups is 2. The second-order valence-electron chi connectivity index (χ2n) is 5.56. The summed E-state index contributed by atoms with van der Waals surface area (Å²) < 4.78 is 5.48. The van der Waals surface area contributed by atoms with E-state index in [1.165, 1.54) is 40.4 Å². The first-order chi connectivity index (χ1) is 13.6. The molecule has 0 aliphatic rings. The second kappa shape index (κ2) is 10.2. The Hall–Kier alpha value is -2.37. The van der Waals surface area contributed by atoms with Gasteiger partial charge < -0.3 is 9.84 Å². The van der Waals surface area contributed by atoms with E-state index in [4.69, 9.17) is 4.52 Å². The van der Waals surface area contributed by atoms with Crippen LogP contribution in [0.3, 0.4) is 0 Å². The highest BCUT2D eigenvalue weighted by Gasteiger charge is 2.12. The van der Waals surface area contributed by atoms with Crippen LogP contribution in [-0.4, -0.2) is 38.7 Å². The first kappa shape index (κ1) is 20.4. The number of hydrogen-bond donors (Lipinski definition) is 2. The van der Waals surface area contributed by atoms with E-state index in [0.717, 1.165) is 5.75 Å². The largest absolute Gasteiger partial charge is 0.360 e. The molecule has 8 nitrogen and oxygen atoms in total. The number of anilines is 2. The van der Waals surface area contributed by atoms with Gasteiger partial charge in [-0.1, -0.05) is 58.6 Å². The Morgan fingerprint density at radius 3 is 2.64 bits per heavy atom. The quantitative estimate of drug-likeness (QED) is 0.388. The van der Waals surface area contributed by atoms with E-state index < -0.39 is 0 Å². The topological polar surface area (TPSA) is 110 Å². The Labute approximate surface area is 173 Å². The summed E-state index contributed by atoms with van der Waals surface area (Å²) in [5, 5.41) is 17.4. The van der Waals surface area contributed by atoms with Crippen LogP contribution < -0.4 is 10.6 Å². The average Bonchev–Trinajstić information content (AvgIpc) is 3.29. The summed E-state index contributed by atoms with van der Waals surface area (Å²) in [7, 11) is 0. The summed E-state index contributed by atoms with van der Waals surface area (Å²) in [6.07, 6.45) is 0. The van der Waals surface area contributed by atoms with Gasteiger partial charge in [0.15, 0.2) is 10.2 Å². The zero-order valence-corrected chi connectivity index (χ0v) is 17.3. The molecule has 146 valence electrons. The van der Waals surface area contributed by atoms with Crippen LogP contribution in [0.5, 0.6) is 0 Å². The van der Waals surface area contributed by atoms with Gasteiger partial charge in [-0.25, -0.2) is 0 Å². The van der Waals surface area contributed by atoms with Crippen LogP contribution in [0.25, 0.3) is 0 Å². The van der Waals surface area contributed by atoms with E-state index in [0.29, 0.717) is 26.8 Å². The number of nitrogens with zero attached hydrogens (tertiary/aromatic N) is 3. The molecular weight excluding hydrogens is 418 g/mol. The van der Waals surface area contributed by atoms with Crippen molar-refractivity contribution in [3.05, 3.63) is 47.7 Å². The number of thioether (sulfide) groups is 2. The molecule has 0 fully saturated rings. The number of amides is 2. The van der Waals surface area contributed by atoms with Gasteiger partial charge in [0.1, 0.15) is 5.76 Å². The molecule has 0 aliphatic carbocycles. The molecule has 0 radical (unpaired) electrons. The van der Waals surface area contributed by atoms with Crippen LogP contribution in [0, 0.1) is 6.92 Å². The van der Waals surface area contributed by atoms with Gasteiger partial charge in [0.05, 0.1) is 11.5 Å². The molecule has 2 N–H and O–H groups in total. The maximum Gasteiger partial charge on any atom is 0.236 e. The Bertz CT molecular complexity index is 929. The third kappa shape index (κ3) is 6.66. The van der Waals surface area contributed by atoms with Crippen molar-refractivity contribution in [2.75, 3.05) is 22.1 Å². The van der Waals surface area contributed by atoms with Crippen LogP contribution in [0.4, 0.5) is 10.9 Å². The number of carbonyl (C=O) groups excluding carboxylic acids is 2. The minimum atomic E-state index is -0.226. The molecule has 2 amide bonds. The normalized spacial score (nSPS) is 10.6. The van der Waals surface area contributed by atoms with E-state index in [-0.39, 0.29) is 17.6 Å². The van der Waals surface area contributed by atoms with Gasteiger partial charge in [-0.05, 0) is 12.5 Å². The standard InChI is InChI=1S/C17H17N5O3S3/c1-11-7-13(22-25-11)18-15(24)10-27-17-21-20-16(28-17)19-14(23)9-26-8-12-5-3-2-4-6-12/h2-7H,8-10H2,1H3,(H,18,22,24)(H,19,20,23). The lowest BCUT2D eigenvalue weighted by Gasteiger charge is -2.02. The molecular formula is C17H17N5O3S3. The smallest absolute Gasteiger partial charge is 0.236 e. The first-order valence-electron chi connectivity index (χ1n) is 8.19. The summed E-state index contributed by atoms with van der Waals surface area (Å²) in [6.45, 7) is 1.74. The van der Waals surface area contributed by atoms with Crippen molar-refractivity contribution >= 4 is 57.6 Å². The predicted molar refractivity (Wildman–Crippen MR) is 112 cm³/mol. The Morgan fingerprint density at radius 1 is 1.11 bits per heavy atom. The number of aromatic nitrogens is 3. The number of aryl methyl sites for hydroxylation is 1. The number of hydrogen-bond acceptors (Lipinski definition) is 9. The summed E-state index contributed by atoms with van der Waals surface area (Å²) in [5.41, 5.74) is 1.17. The van der Waals surface area contributed by atoms with Gasteiger partial charge in [0.25, 0.3) is 0 Å². The zero-order valence-electron chi connectivity index (χ0n) is 14.9. The summed E-state index contributed by atoms with van der Waals surface area (Å²) in [5.74, 6) is 1.89. The molecule has 11 heteroatoms. The minimum absolute atomic E-state index is 0.132. The molecule has 3 aromatic rings. The molecule has 28 heavy (non-hydrogen) atoms. The fourth-order valence-corrected chi connectivity index (χ4v) is 4.40. The molecule has 2 heterocycles. The van der Waals surface area contributed by atoms with E-state index in [1.54, 1.807) is 13.0 Å². The molecule has 0 saturated heterocycles. The highest BCUT2D eigenvalue weighted by molar-refractivity contribution is 8.01. The fourth-order valence-electron chi connectivity index (χ4n) is 2.04. The molecule has 1 aromatic carbocycles. The molecule has 0 atom stereocenters. The zero-order chi connectivity index (χ0) is 19.8. The average molecular weight is 436 g/mol. The maximum atomic E-state index is 12.0. The minimum Gasteiger partial charge on any atom is -0.360 e. The third-order valence-electron chi connectivity index (χ3n) is 3.22. The summed E-state index contributed by atoms with van der Waals surface area (Å²) in [6, 6.07) is 11.6. The van der Waals surface area contributed by atoms with Crippen molar-refractivity contribution in [2.24, 2.45) is 0 Å². The van der Waals surface area contributed by atoms with Crippen LogP contribution in [-0.2, 0) is 15.3 Å². The van der Waals surface area contributed by atoms with Crippen molar-refractivity contribution in [1.82, 2.24) is 15.4 Å². The van der Waals surface area contributed by atoms with E-state index in [1.807, 2.05) is 30.3 Å². The number of rotatable bonds is 9. The van der Waals surface area contributed by atoms with Gasteiger partial charge in [0, 0.05) is 11.8 Å². The number of nitrogens with one attached hydrogen (secondary N) is 2. The summed E-state index contributed by atoms with van der Waals surface area (Å²) >= 11 is 3.99. The van der Waals surface area contributed by atoms with Crippen molar-refractivity contribution in [2.45, 2.75) is 17.0 Å². The van der Waals surface area contributed by atoms with Gasteiger partial charge >= 0.3 is 0 Å². The van der Waals surface area contributed by atoms with E-state index in [2.05, 4.69) is 26.0 Å². The Balaban J connectivity index is 1.37. The third-order valence-corrected chi connectivity index (χ3v) is 6.20. The van der Waals surface area contributed by atoms with Crippen molar-refractivity contribution < 1.29 is 14.1 Å². The van der Waals surface area contributed by atoms with Crippen LogP contribution in [0.2, 0.25) is 0 Å². The number of benzene rings is 1. The molecule has 0 spiro atoms. The van der Waals surface area contributed by atoms with E-state index >= 15 is 0 Å². The molecule has 3 rings (SSSR count). The monoisotopic (exact) mass is 435 g/mol. The predicted octanol–water partition coefficient (Wildman–Crippen LogP) is 3.44. The van der Waals surface area contributed by atoms with Gasteiger partial charge in [-0.3, -0.25) is 14.9 Å². The lowest BCUT2D eigenvalue weighted by atomic mass is 10.2.